The fraction of sp³-hybridized carbons (Fsp3) is 0.0741. The van der Waals surface area contributed by atoms with E-state index in [4.69, 9.17) is 0 Å². The van der Waals surface area contributed by atoms with Gasteiger partial charge in [0.1, 0.15) is 34.5 Å². The van der Waals surface area contributed by atoms with Gasteiger partial charge in [-0.05, 0) is 47.5 Å². The van der Waals surface area contributed by atoms with E-state index in [1.54, 1.807) is 24.3 Å². The number of rotatable bonds is 6. The first-order chi connectivity index (χ1) is 16.2. The minimum atomic E-state index is -1.05. The smallest absolute Gasteiger partial charge is 0.156 e. The Balaban J connectivity index is 1.94. The van der Waals surface area contributed by atoms with E-state index in [2.05, 4.69) is 0 Å². The van der Waals surface area contributed by atoms with Crippen LogP contribution in [-0.4, -0.2) is 36.4 Å². The fourth-order valence-corrected chi connectivity index (χ4v) is 4.05. The van der Waals surface area contributed by atoms with Crippen molar-refractivity contribution in [2.24, 2.45) is 0 Å². The van der Waals surface area contributed by atoms with E-state index < -0.39 is 17.6 Å². The van der Waals surface area contributed by atoms with Crippen LogP contribution in [0.1, 0.15) is 34.1 Å². The maximum Gasteiger partial charge on any atom is 0.156 e. The first kappa shape index (κ1) is 22.5. The van der Waals surface area contributed by atoms with Gasteiger partial charge in [-0.25, -0.2) is 0 Å². The molecule has 0 saturated carbocycles. The van der Waals surface area contributed by atoms with Crippen LogP contribution in [-0.2, 0) is 4.79 Å². The van der Waals surface area contributed by atoms with Gasteiger partial charge in [0, 0.05) is 23.3 Å². The number of aromatic hydroxyl groups is 6. The summed E-state index contributed by atoms with van der Waals surface area (Å²) in [5.74, 6) is -3.49. The molecule has 4 aromatic rings. The Labute approximate surface area is 195 Å². The second-order valence-corrected chi connectivity index (χ2v) is 7.94. The third-order valence-electron chi connectivity index (χ3n) is 5.67. The van der Waals surface area contributed by atoms with Crippen LogP contribution < -0.4 is 0 Å². The molecule has 0 aliphatic rings. The summed E-state index contributed by atoms with van der Waals surface area (Å²) in [5, 5.41) is 60.2. The van der Waals surface area contributed by atoms with Gasteiger partial charge in [-0.3, -0.25) is 4.79 Å². The van der Waals surface area contributed by atoms with Crippen LogP contribution in [0.5, 0.6) is 34.5 Å². The fourth-order valence-electron chi connectivity index (χ4n) is 4.05. The highest BCUT2D eigenvalue weighted by molar-refractivity contribution is 5.98. The van der Waals surface area contributed by atoms with Crippen molar-refractivity contribution in [1.29, 1.82) is 0 Å². The third kappa shape index (κ3) is 4.45. The minimum Gasteiger partial charge on any atom is -0.508 e. The van der Waals surface area contributed by atoms with E-state index in [0.717, 1.165) is 12.1 Å². The zero-order chi connectivity index (χ0) is 24.4. The molecule has 0 aliphatic carbocycles. The van der Waals surface area contributed by atoms with Gasteiger partial charge in [0.2, 0.25) is 0 Å². The Hall–Kier alpha value is -4.65. The van der Waals surface area contributed by atoms with Crippen molar-refractivity contribution in [2.75, 3.05) is 0 Å². The molecule has 0 fully saturated rings. The van der Waals surface area contributed by atoms with E-state index in [1.807, 2.05) is 0 Å². The van der Waals surface area contributed by atoms with E-state index in [-0.39, 0.29) is 45.6 Å². The van der Waals surface area contributed by atoms with Gasteiger partial charge in [-0.2, -0.15) is 0 Å². The zero-order valence-electron chi connectivity index (χ0n) is 17.8. The molecule has 0 spiro atoms. The van der Waals surface area contributed by atoms with Gasteiger partial charge in [0.05, 0.1) is 11.8 Å². The van der Waals surface area contributed by atoms with Gasteiger partial charge < -0.3 is 30.6 Å². The number of hydrogen-bond donors (Lipinski definition) is 6. The summed E-state index contributed by atoms with van der Waals surface area (Å²) in [6.45, 7) is 0. The summed E-state index contributed by atoms with van der Waals surface area (Å²) in [6.07, 6.45) is 0. The lowest BCUT2D eigenvalue weighted by Gasteiger charge is -2.25. The maximum absolute atomic E-state index is 14.2. The number of hydrogen-bond acceptors (Lipinski definition) is 7. The molecule has 7 heteroatoms. The highest BCUT2D eigenvalue weighted by Gasteiger charge is 2.35. The lowest BCUT2D eigenvalue weighted by molar-refractivity contribution is -0.120. The topological polar surface area (TPSA) is 138 Å². The molecule has 172 valence electrons. The second-order valence-electron chi connectivity index (χ2n) is 7.94. The molecule has 0 aromatic heterocycles. The van der Waals surface area contributed by atoms with Crippen molar-refractivity contribution in [3.05, 3.63) is 107 Å². The normalized spacial score (nSPS) is 12.7. The number of carbonyl (C=O) groups is 1. The van der Waals surface area contributed by atoms with Gasteiger partial charge in [0.25, 0.3) is 0 Å². The molecule has 6 N–H and O–H groups in total. The van der Waals surface area contributed by atoms with Crippen molar-refractivity contribution in [2.45, 2.75) is 11.8 Å². The lowest BCUT2D eigenvalue weighted by atomic mass is 9.76. The van der Waals surface area contributed by atoms with Crippen molar-refractivity contribution < 1.29 is 35.4 Å². The van der Waals surface area contributed by atoms with E-state index in [1.165, 1.54) is 48.5 Å². The standard InChI is InChI=1S/C27H22O7/c28-17-5-1-15(2-6-17)25(21-11-9-19(30)13-23(21)32)27(34)26(16-3-7-18(29)8-4-16)22-12-10-20(31)14-24(22)33/h1-14,25-26,28-33H. The monoisotopic (exact) mass is 458 g/mol. The van der Waals surface area contributed by atoms with Crippen molar-refractivity contribution in [1.82, 2.24) is 0 Å². The van der Waals surface area contributed by atoms with Crippen molar-refractivity contribution >= 4 is 5.78 Å². The van der Waals surface area contributed by atoms with E-state index >= 15 is 0 Å². The average Bonchev–Trinajstić information content (AvgIpc) is 2.79. The lowest BCUT2D eigenvalue weighted by Crippen LogP contribution is -2.23. The molecule has 2 atom stereocenters. The molecule has 0 radical (unpaired) electrons. The van der Waals surface area contributed by atoms with Crippen molar-refractivity contribution in [3.63, 3.8) is 0 Å². The molecule has 0 aliphatic heterocycles. The molecule has 7 nitrogen and oxygen atoms in total. The maximum atomic E-state index is 14.2. The van der Waals surface area contributed by atoms with Crippen molar-refractivity contribution in [3.8, 4) is 34.5 Å². The summed E-state index contributed by atoms with van der Waals surface area (Å²) in [5.41, 5.74) is 1.36. The Morgan fingerprint density at radius 3 is 1.12 bits per heavy atom. The van der Waals surface area contributed by atoms with Crippen LogP contribution in [0.4, 0.5) is 0 Å². The summed E-state index contributed by atoms with van der Waals surface area (Å²) in [4.78, 5) is 14.2. The van der Waals surface area contributed by atoms with E-state index in [9.17, 15) is 35.4 Å². The summed E-state index contributed by atoms with van der Waals surface area (Å²) in [7, 11) is 0. The average molecular weight is 458 g/mol. The van der Waals surface area contributed by atoms with Gasteiger partial charge >= 0.3 is 0 Å². The Morgan fingerprint density at radius 2 is 0.794 bits per heavy atom. The number of benzene rings is 4. The molecule has 0 saturated heterocycles. The highest BCUT2D eigenvalue weighted by Crippen LogP contribution is 2.42. The molecule has 4 rings (SSSR count). The third-order valence-corrected chi connectivity index (χ3v) is 5.67. The number of phenolic OH excluding ortho intramolecular Hbond substituents is 6. The van der Waals surface area contributed by atoms with Crippen LogP contribution in [0.15, 0.2) is 84.9 Å². The van der Waals surface area contributed by atoms with Gasteiger partial charge in [-0.1, -0.05) is 36.4 Å². The quantitative estimate of drug-likeness (QED) is 0.251. The van der Waals surface area contributed by atoms with E-state index in [0.29, 0.717) is 11.1 Å². The molecule has 0 amide bonds. The molecule has 34 heavy (non-hydrogen) atoms. The predicted octanol–water partition coefficient (Wildman–Crippen LogP) is 4.45. The first-order valence-corrected chi connectivity index (χ1v) is 10.4. The van der Waals surface area contributed by atoms with Crippen LogP contribution in [0.3, 0.4) is 0 Å². The molecule has 0 heterocycles. The Bertz CT molecular complexity index is 1230. The largest absolute Gasteiger partial charge is 0.508 e. The van der Waals surface area contributed by atoms with Crippen LogP contribution in [0, 0.1) is 0 Å². The van der Waals surface area contributed by atoms with Crippen LogP contribution >= 0.6 is 0 Å². The second kappa shape index (κ2) is 9.07. The molecular formula is C27H22O7. The van der Waals surface area contributed by atoms with Crippen LogP contribution in [0.2, 0.25) is 0 Å². The number of carbonyl (C=O) groups excluding carboxylic acids is 1. The molecule has 2 unspecified atom stereocenters. The summed E-state index contributed by atoms with van der Waals surface area (Å²) >= 11 is 0. The number of phenols is 6. The summed E-state index contributed by atoms with van der Waals surface area (Å²) < 4.78 is 0. The number of ketones is 1. The van der Waals surface area contributed by atoms with Gasteiger partial charge in [0.15, 0.2) is 5.78 Å². The minimum absolute atomic E-state index is 0.00357. The molecule has 4 aromatic carbocycles. The zero-order valence-corrected chi connectivity index (χ0v) is 17.8. The predicted molar refractivity (Wildman–Crippen MR) is 124 cm³/mol. The molecular weight excluding hydrogens is 436 g/mol. The van der Waals surface area contributed by atoms with Gasteiger partial charge in [-0.15, -0.1) is 0 Å². The SMILES string of the molecule is O=C(C(c1ccc(O)cc1)c1ccc(O)cc1O)C(c1ccc(O)cc1)c1ccc(O)cc1O. The Morgan fingerprint density at radius 1 is 0.471 bits per heavy atom. The molecule has 0 bridgehead atoms. The summed E-state index contributed by atoms with van der Waals surface area (Å²) in [6, 6.07) is 19.7. The number of Topliss-reactive ketones (excluding diaryl/α,β-unsaturated/α-hetero) is 1. The first-order valence-electron chi connectivity index (χ1n) is 10.4. The van der Waals surface area contributed by atoms with Crippen LogP contribution in [0.25, 0.3) is 0 Å². The highest BCUT2D eigenvalue weighted by atomic mass is 16.3. The Kier molecular flexibility index (Phi) is 6.01.